The number of carbonyl (C=O) groups is 2. The first-order valence-corrected chi connectivity index (χ1v) is 32.0. The zero-order valence-corrected chi connectivity index (χ0v) is 50.8. The Labute approximate surface area is 473 Å². The van der Waals surface area contributed by atoms with E-state index >= 15 is 0 Å². The minimum Gasteiger partial charge on any atom is -0.456 e. The number of esters is 1. The van der Waals surface area contributed by atoms with Crippen molar-refractivity contribution in [3.63, 3.8) is 0 Å². The van der Waals surface area contributed by atoms with E-state index in [1.165, 1.54) is 64.2 Å². The number of unbranched alkanes of at least 4 members (excludes halogenated alkanes) is 17. The number of amides is 1. The standard InChI is InChI=1S/C67H113N2O7P/c1-7-10-13-16-19-22-25-27-29-31-32-33-34-35-36-38-40-42-45-48-51-54-57-60-67(71)76-65(58-55-52-49-46-43-24-21-18-15-12-9-3)64(63-75-77(72,73)74-62-61-69(4,5)6)68-66(70)59-56-53-50-47-44-41-39-37-30-28-26-23-20-17-14-11-8-2/h10-11,13-14,19-20,22-23,27-30,32-33,35-36,39,41,47,50,55,58,64-65H,7-9,12,15-18,21,24-26,31,34,37-38,40,42-46,48-49,51-54,56-57,59-63H2,1-6H3,(H-,68,70,72,73)/p+1/b13-10-,14-11-,22-19-,23-20-,29-27-,30-28-,33-32-,36-35-,41-39-,50-47-,58-55-. The van der Waals surface area contributed by atoms with Crippen LogP contribution in [0.4, 0.5) is 0 Å². The van der Waals surface area contributed by atoms with Gasteiger partial charge >= 0.3 is 13.8 Å². The number of phosphoric acid groups is 1. The fraction of sp³-hybridized carbons (Fsp3) is 0.642. The van der Waals surface area contributed by atoms with Gasteiger partial charge in [0, 0.05) is 12.8 Å². The van der Waals surface area contributed by atoms with Crippen LogP contribution in [0.25, 0.3) is 0 Å². The molecule has 3 atom stereocenters. The van der Waals surface area contributed by atoms with E-state index in [2.05, 4.69) is 148 Å². The summed E-state index contributed by atoms with van der Waals surface area (Å²) in [6, 6.07) is -0.892. The van der Waals surface area contributed by atoms with Crippen molar-refractivity contribution in [2.24, 2.45) is 0 Å². The Hall–Kier alpha value is -3.85. The average Bonchev–Trinajstić information content (AvgIpc) is 3.39. The second-order valence-electron chi connectivity index (χ2n) is 21.1. The summed E-state index contributed by atoms with van der Waals surface area (Å²) in [5.41, 5.74) is 0. The van der Waals surface area contributed by atoms with Crippen LogP contribution in [0.5, 0.6) is 0 Å². The van der Waals surface area contributed by atoms with Gasteiger partial charge in [-0.25, -0.2) is 4.57 Å². The van der Waals surface area contributed by atoms with Crippen molar-refractivity contribution in [2.75, 3.05) is 40.9 Å². The summed E-state index contributed by atoms with van der Waals surface area (Å²) in [6.45, 7) is 6.70. The van der Waals surface area contributed by atoms with Crippen LogP contribution in [0.3, 0.4) is 0 Å². The van der Waals surface area contributed by atoms with Crippen LogP contribution in [0.2, 0.25) is 0 Å². The molecule has 0 saturated carbocycles. The van der Waals surface area contributed by atoms with E-state index in [1.54, 1.807) is 0 Å². The summed E-state index contributed by atoms with van der Waals surface area (Å²) in [6.07, 6.45) is 78.9. The molecular formula is C67H114N2O7P+. The van der Waals surface area contributed by atoms with Crippen LogP contribution in [-0.2, 0) is 27.9 Å². The monoisotopic (exact) mass is 1090 g/mol. The molecule has 1 amide bonds. The fourth-order valence-electron chi connectivity index (χ4n) is 7.94. The molecule has 0 bridgehead atoms. The summed E-state index contributed by atoms with van der Waals surface area (Å²) in [7, 11) is 1.43. The maximum atomic E-state index is 13.5. The van der Waals surface area contributed by atoms with E-state index in [0.717, 1.165) is 116 Å². The van der Waals surface area contributed by atoms with E-state index in [9.17, 15) is 19.0 Å². The molecule has 0 radical (unpaired) electrons. The summed E-state index contributed by atoms with van der Waals surface area (Å²) in [4.78, 5) is 37.6. The Balaban J connectivity index is 5.32. The zero-order valence-electron chi connectivity index (χ0n) is 49.9. The van der Waals surface area contributed by atoms with Gasteiger partial charge in [0.2, 0.25) is 5.91 Å². The lowest BCUT2D eigenvalue weighted by Gasteiger charge is -2.27. The molecule has 0 rings (SSSR count). The average molecular weight is 1090 g/mol. The third kappa shape index (κ3) is 56.7. The number of likely N-dealkylation sites (N-methyl/N-ethyl adjacent to an activating group) is 1. The second kappa shape index (κ2) is 55.5. The lowest BCUT2D eigenvalue weighted by Crippen LogP contribution is -2.47. The van der Waals surface area contributed by atoms with Crippen LogP contribution >= 0.6 is 7.82 Å². The van der Waals surface area contributed by atoms with Crippen molar-refractivity contribution in [1.82, 2.24) is 5.32 Å². The van der Waals surface area contributed by atoms with Gasteiger partial charge in [0.05, 0.1) is 33.8 Å². The van der Waals surface area contributed by atoms with Gasteiger partial charge in [-0.2, -0.15) is 0 Å². The van der Waals surface area contributed by atoms with E-state index in [0.29, 0.717) is 23.9 Å². The minimum atomic E-state index is -4.47. The van der Waals surface area contributed by atoms with E-state index in [-0.39, 0.29) is 37.9 Å². The molecule has 0 aliphatic heterocycles. The Morgan fingerprint density at radius 1 is 0.468 bits per heavy atom. The van der Waals surface area contributed by atoms with Crippen LogP contribution in [0.1, 0.15) is 226 Å². The SMILES string of the molecule is CC/C=C\C/C=C\C/C=C\C/C=C\C/C=C\CCCCCCCCCC(=O)OC(/C=C\CCCCCCCCCCC)C(COP(=O)(O)OCC[N+](C)(C)C)NC(=O)CCC/C=C\C/C=C\C/C=C\C/C=C\C/C=C\CC. The number of quaternary nitrogens is 1. The molecule has 77 heavy (non-hydrogen) atoms. The molecule has 9 nitrogen and oxygen atoms in total. The number of hydrogen-bond donors (Lipinski definition) is 2. The molecule has 0 saturated heterocycles. The van der Waals surface area contributed by atoms with Crippen LogP contribution in [0.15, 0.2) is 134 Å². The van der Waals surface area contributed by atoms with Gasteiger partial charge in [-0.1, -0.05) is 232 Å². The number of phosphoric ester groups is 1. The van der Waals surface area contributed by atoms with Gasteiger partial charge in [-0.15, -0.1) is 0 Å². The van der Waals surface area contributed by atoms with Gasteiger partial charge < -0.3 is 19.4 Å². The van der Waals surface area contributed by atoms with Gasteiger partial charge in [-0.3, -0.25) is 18.6 Å². The number of ether oxygens (including phenoxy) is 1. The Kier molecular flexibility index (Phi) is 52.7. The first-order chi connectivity index (χ1) is 37.4. The summed E-state index contributed by atoms with van der Waals surface area (Å²) < 4.78 is 30.6. The maximum absolute atomic E-state index is 13.5. The number of rotatable bonds is 53. The lowest BCUT2D eigenvalue weighted by molar-refractivity contribution is -0.870. The van der Waals surface area contributed by atoms with Crippen molar-refractivity contribution in [3.8, 4) is 0 Å². The number of nitrogens with zero attached hydrogens (tertiary/aromatic N) is 1. The molecule has 0 spiro atoms. The molecule has 438 valence electrons. The molecule has 0 fully saturated rings. The number of carbonyl (C=O) groups excluding carboxylic acids is 2. The zero-order chi connectivity index (χ0) is 56.4. The van der Waals surface area contributed by atoms with Crippen molar-refractivity contribution >= 4 is 19.7 Å². The molecule has 10 heteroatoms. The number of nitrogens with one attached hydrogen (secondary N) is 1. The third-order valence-corrected chi connectivity index (χ3v) is 13.6. The molecule has 0 aromatic carbocycles. The molecule has 3 unspecified atom stereocenters. The van der Waals surface area contributed by atoms with Crippen LogP contribution < -0.4 is 5.32 Å². The molecule has 0 aromatic heterocycles. The van der Waals surface area contributed by atoms with Crippen LogP contribution in [0, 0.1) is 0 Å². The first kappa shape index (κ1) is 73.2. The first-order valence-electron chi connectivity index (χ1n) is 30.5. The van der Waals surface area contributed by atoms with Gasteiger partial charge in [-0.05, 0) is 115 Å². The predicted octanol–water partition coefficient (Wildman–Crippen LogP) is 18.9. The van der Waals surface area contributed by atoms with E-state index in [4.69, 9.17) is 13.8 Å². The normalized spacial score (nSPS) is 14.6. The Morgan fingerprint density at radius 2 is 0.844 bits per heavy atom. The Morgan fingerprint density at radius 3 is 1.27 bits per heavy atom. The molecular weight excluding hydrogens is 976 g/mol. The topological polar surface area (TPSA) is 111 Å². The maximum Gasteiger partial charge on any atom is 0.472 e. The van der Waals surface area contributed by atoms with Gasteiger partial charge in [0.15, 0.2) is 0 Å². The second-order valence-corrected chi connectivity index (χ2v) is 22.6. The minimum absolute atomic E-state index is 0.0201. The molecule has 0 aliphatic carbocycles. The van der Waals surface area contributed by atoms with E-state index < -0.39 is 20.0 Å². The van der Waals surface area contributed by atoms with Crippen molar-refractivity contribution in [2.45, 2.75) is 238 Å². The van der Waals surface area contributed by atoms with Crippen molar-refractivity contribution in [3.05, 3.63) is 134 Å². The van der Waals surface area contributed by atoms with Gasteiger partial charge in [0.1, 0.15) is 19.3 Å². The smallest absolute Gasteiger partial charge is 0.456 e. The molecule has 0 aromatic rings. The van der Waals surface area contributed by atoms with Crippen LogP contribution in [-0.4, -0.2) is 74.3 Å². The molecule has 2 N–H and O–H groups in total. The highest BCUT2D eigenvalue weighted by atomic mass is 31.2. The largest absolute Gasteiger partial charge is 0.472 e. The summed E-state index contributed by atoms with van der Waals surface area (Å²) in [5, 5.41) is 3.01. The Bertz CT molecular complexity index is 1780. The third-order valence-electron chi connectivity index (χ3n) is 12.6. The highest BCUT2D eigenvalue weighted by Gasteiger charge is 2.30. The highest BCUT2D eigenvalue weighted by Crippen LogP contribution is 2.43. The number of allylic oxidation sites excluding steroid dienone is 21. The predicted molar refractivity (Wildman–Crippen MR) is 332 cm³/mol. The lowest BCUT2D eigenvalue weighted by atomic mass is 10.1. The van der Waals surface area contributed by atoms with Gasteiger partial charge in [0.25, 0.3) is 0 Å². The summed E-state index contributed by atoms with van der Waals surface area (Å²) in [5.74, 6) is -0.597. The van der Waals surface area contributed by atoms with Crippen molar-refractivity contribution in [1.29, 1.82) is 0 Å². The molecule has 0 heterocycles. The molecule has 0 aliphatic rings. The highest BCUT2D eigenvalue weighted by molar-refractivity contribution is 7.47. The van der Waals surface area contributed by atoms with Crippen molar-refractivity contribution < 1.29 is 37.3 Å². The summed E-state index contributed by atoms with van der Waals surface area (Å²) >= 11 is 0. The van der Waals surface area contributed by atoms with E-state index in [1.807, 2.05) is 33.3 Å². The quantitative estimate of drug-likeness (QED) is 0.0205. The fourth-order valence-corrected chi connectivity index (χ4v) is 8.68. The number of hydrogen-bond acceptors (Lipinski definition) is 6.